The summed E-state index contributed by atoms with van der Waals surface area (Å²) >= 11 is 7.75. The molecule has 19 heavy (non-hydrogen) atoms. The van der Waals surface area contributed by atoms with Gasteiger partial charge in [0.1, 0.15) is 0 Å². The number of carbonyl (C=O) groups is 3. The minimum absolute atomic E-state index is 0.250. The lowest BCUT2D eigenvalue weighted by atomic mass is 10.3. The Hall–Kier alpha value is -1.35. The summed E-state index contributed by atoms with van der Waals surface area (Å²) < 4.78 is 0.721. The molecule has 0 saturated heterocycles. The van der Waals surface area contributed by atoms with Crippen LogP contribution in [-0.4, -0.2) is 23.0 Å². The van der Waals surface area contributed by atoms with E-state index in [-0.39, 0.29) is 12.8 Å². The van der Waals surface area contributed by atoms with E-state index in [1.165, 1.54) is 0 Å². The Labute approximate surface area is 127 Å². The van der Waals surface area contributed by atoms with Crippen molar-refractivity contribution in [3.05, 3.63) is 26.8 Å². The van der Waals surface area contributed by atoms with Gasteiger partial charge in [-0.05, 0) is 40.8 Å². The van der Waals surface area contributed by atoms with E-state index in [4.69, 9.17) is 16.7 Å². The molecule has 0 aliphatic rings. The first-order chi connectivity index (χ1) is 8.88. The molecule has 0 unspecified atom stereocenters. The van der Waals surface area contributed by atoms with Crippen molar-refractivity contribution < 1.29 is 19.5 Å². The summed E-state index contributed by atoms with van der Waals surface area (Å²) in [6, 6.07) is 4.15. The fourth-order valence-electron chi connectivity index (χ4n) is 1.15. The molecule has 102 valence electrons. The lowest BCUT2D eigenvalue weighted by Gasteiger charge is -2.08. The van der Waals surface area contributed by atoms with Crippen molar-refractivity contribution in [3.63, 3.8) is 0 Å². The fourth-order valence-corrected chi connectivity index (χ4v) is 2.16. The predicted molar refractivity (Wildman–Crippen MR) is 78.2 cm³/mol. The monoisotopic (exact) mass is 396 g/mol. The molecule has 3 N–H and O–H groups in total. The third-order valence-corrected chi connectivity index (χ3v) is 3.13. The van der Waals surface area contributed by atoms with Gasteiger partial charge in [0.2, 0.25) is 5.91 Å². The summed E-state index contributed by atoms with van der Waals surface area (Å²) in [6.07, 6.45) is -0.571. The van der Waals surface area contributed by atoms with Crippen molar-refractivity contribution in [2.45, 2.75) is 12.8 Å². The second kappa shape index (κ2) is 7.29. The summed E-state index contributed by atoms with van der Waals surface area (Å²) in [4.78, 5) is 33.0. The molecule has 0 spiro atoms. The van der Waals surface area contributed by atoms with Crippen LogP contribution in [-0.2, 0) is 9.59 Å². The number of benzene rings is 1. The van der Waals surface area contributed by atoms with Gasteiger partial charge in [-0.2, -0.15) is 0 Å². The molecule has 0 heterocycles. The number of carbonyl (C=O) groups excluding carboxylic acids is 2. The molecule has 1 aromatic carbocycles. The van der Waals surface area contributed by atoms with Gasteiger partial charge < -0.3 is 10.4 Å². The smallest absolute Gasteiger partial charge is 0.325 e. The van der Waals surface area contributed by atoms with Crippen molar-refractivity contribution >= 4 is 57.8 Å². The molecule has 0 saturated carbocycles. The zero-order valence-electron chi connectivity index (χ0n) is 9.57. The lowest BCUT2D eigenvalue weighted by molar-refractivity contribution is -0.138. The maximum absolute atomic E-state index is 11.5. The van der Waals surface area contributed by atoms with Gasteiger partial charge >= 0.3 is 12.0 Å². The molecule has 0 atom stereocenters. The number of amides is 3. The summed E-state index contributed by atoms with van der Waals surface area (Å²) in [5.74, 6) is -1.74. The number of rotatable bonds is 4. The van der Waals surface area contributed by atoms with E-state index in [9.17, 15) is 14.4 Å². The molecule has 6 nitrogen and oxygen atoms in total. The Balaban J connectivity index is 2.51. The molecule has 0 fully saturated rings. The first kappa shape index (κ1) is 15.7. The van der Waals surface area contributed by atoms with Gasteiger partial charge in [0.25, 0.3) is 0 Å². The van der Waals surface area contributed by atoms with E-state index in [0.717, 1.165) is 3.57 Å². The molecule has 0 bridgehead atoms. The number of imide groups is 1. The zero-order chi connectivity index (χ0) is 14.4. The molecule has 0 aliphatic heterocycles. The SMILES string of the molecule is O=C(O)CCC(=O)NC(=O)Nc1ccc(Cl)cc1I. The minimum Gasteiger partial charge on any atom is -0.481 e. The van der Waals surface area contributed by atoms with E-state index in [2.05, 4.69) is 5.32 Å². The number of hydrogen-bond acceptors (Lipinski definition) is 3. The van der Waals surface area contributed by atoms with Crippen LogP contribution in [0.15, 0.2) is 18.2 Å². The number of nitrogens with one attached hydrogen (secondary N) is 2. The van der Waals surface area contributed by atoms with E-state index in [1.54, 1.807) is 18.2 Å². The van der Waals surface area contributed by atoms with Crippen LogP contribution in [0.3, 0.4) is 0 Å². The Kier molecular flexibility index (Phi) is 6.03. The van der Waals surface area contributed by atoms with E-state index < -0.39 is 17.9 Å². The average molecular weight is 397 g/mol. The van der Waals surface area contributed by atoms with Crippen molar-refractivity contribution in [1.29, 1.82) is 0 Å². The Morgan fingerprint density at radius 1 is 1.26 bits per heavy atom. The average Bonchev–Trinajstić information content (AvgIpc) is 2.30. The second-order valence-corrected chi connectivity index (χ2v) is 5.12. The van der Waals surface area contributed by atoms with Crippen LogP contribution in [0.25, 0.3) is 0 Å². The number of carboxylic acid groups (broad SMARTS) is 1. The third-order valence-electron chi connectivity index (χ3n) is 2.00. The largest absolute Gasteiger partial charge is 0.481 e. The van der Waals surface area contributed by atoms with Gasteiger partial charge in [-0.25, -0.2) is 4.79 Å². The highest BCUT2D eigenvalue weighted by Gasteiger charge is 2.11. The number of anilines is 1. The minimum atomic E-state index is -1.09. The number of aliphatic carboxylic acids is 1. The lowest BCUT2D eigenvalue weighted by Crippen LogP contribution is -2.34. The Bertz CT molecular complexity index is 521. The standard InChI is InChI=1S/C11H10ClIN2O4/c12-6-1-2-8(7(13)5-6)14-11(19)15-9(16)3-4-10(17)18/h1-2,5H,3-4H2,(H,17,18)(H2,14,15,16,19). The van der Waals surface area contributed by atoms with Crippen molar-refractivity contribution in [2.24, 2.45) is 0 Å². The number of carboxylic acids is 1. The summed E-state index contributed by atoms with van der Waals surface area (Å²) in [5.41, 5.74) is 0.508. The number of urea groups is 1. The Morgan fingerprint density at radius 2 is 1.95 bits per heavy atom. The van der Waals surface area contributed by atoms with Crippen molar-refractivity contribution in [2.75, 3.05) is 5.32 Å². The van der Waals surface area contributed by atoms with E-state index in [0.29, 0.717) is 10.7 Å². The molecule has 8 heteroatoms. The maximum atomic E-state index is 11.5. The molecule has 0 aliphatic carbocycles. The highest BCUT2D eigenvalue weighted by Crippen LogP contribution is 2.22. The number of hydrogen-bond donors (Lipinski definition) is 3. The molecule has 1 rings (SSSR count). The predicted octanol–water partition coefficient (Wildman–Crippen LogP) is 2.46. The summed E-state index contributed by atoms with van der Waals surface area (Å²) in [6.45, 7) is 0. The molecule has 1 aromatic rings. The van der Waals surface area contributed by atoms with Gasteiger partial charge in [0.05, 0.1) is 12.1 Å². The Morgan fingerprint density at radius 3 is 2.53 bits per heavy atom. The van der Waals surface area contributed by atoms with Crippen LogP contribution < -0.4 is 10.6 Å². The van der Waals surface area contributed by atoms with Crippen LogP contribution in [0.1, 0.15) is 12.8 Å². The van der Waals surface area contributed by atoms with Crippen LogP contribution >= 0.6 is 34.2 Å². The van der Waals surface area contributed by atoms with Crippen LogP contribution in [0, 0.1) is 3.57 Å². The zero-order valence-corrected chi connectivity index (χ0v) is 12.5. The van der Waals surface area contributed by atoms with Gasteiger partial charge in [0, 0.05) is 15.0 Å². The topological polar surface area (TPSA) is 95.5 Å². The van der Waals surface area contributed by atoms with Gasteiger partial charge in [0.15, 0.2) is 0 Å². The first-order valence-corrected chi connectivity index (χ1v) is 6.62. The quantitative estimate of drug-likeness (QED) is 0.681. The third kappa shape index (κ3) is 5.88. The van der Waals surface area contributed by atoms with Gasteiger partial charge in [-0.3, -0.25) is 14.9 Å². The van der Waals surface area contributed by atoms with Crippen molar-refractivity contribution in [3.8, 4) is 0 Å². The molecule has 3 amide bonds. The molecule has 0 radical (unpaired) electrons. The highest BCUT2D eigenvalue weighted by atomic mass is 127. The van der Waals surface area contributed by atoms with Crippen LogP contribution in [0.4, 0.5) is 10.5 Å². The van der Waals surface area contributed by atoms with Gasteiger partial charge in [-0.15, -0.1) is 0 Å². The van der Waals surface area contributed by atoms with Crippen LogP contribution in [0.2, 0.25) is 5.02 Å². The van der Waals surface area contributed by atoms with Crippen LogP contribution in [0.5, 0.6) is 0 Å². The summed E-state index contributed by atoms with van der Waals surface area (Å²) in [7, 11) is 0. The molecular formula is C11H10ClIN2O4. The normalized spacial score (nSPS) is 9.79. The molecule has 0 aromatic heterocycles. The van der Waals surface area contributed by atoms with Gasteiger partial charge in [-0.1, -0.05) is 11.6 Å². The molecular weight excluding hydrogens is 386 g/mol. The first-order valence-electron chi connectivity index (χ1n) is 5.16. The highest BCUT2D eigenvalue weighted by molar-refractivity contribution is 14.1. The van der Waals surface area contributed by atoms with Crippen molar-refractivity contribution in [1.82, 2.24) is 5.32 Å². The summed E-state index contributed by atoms with van der Waals surface area (Å²) in [5, 5.41) is 13.4. The van der Waals surface area contributed by atoms with E-state index >= 15 is 0 Å². The number of halogens is 2. The van der Waals surface area contributed by atoms with E-state index in [1.807, 2.05) is 27.9 Å². The maximum Gasteiger partial charge on any atom is 0.325 e. The second-order valence-electron chi connectivity index (χ2n) is 3.52. The fraction of sp³-hybridized carbons (Fsp3) is 0.182.